The predicted octanol–water partition coefficient (Wildman–Crippen LogP) is 8.05. The van der Waals surface area contributed by atoms with Crippen LogP contribution >= 0.6 is 45.9 Å². The van der Waals surface area contributed by atoms with Crippen molar-refractivity contribution in [2.45, 2.75) is 19.4 Å². The Balaban J connectivity index is 0.000000182. The fourth-order valence-electron chi connectivity index (χ4n) is 4.98. The second kappa shape index (κ2) is 14.7. The van der Waals surface area contributed by atoms with E-state index >= 15 is 0 Å². The lowest BCUT2D eigenvalue weighted by molar-refractivity contribution is -0.140. The summed E-state index contributed by atoms with van der Waals surface area (Å²) >= 11 is 15.6. The Morgan fingerprint density at radius 2 is 1.29 bits per heavy atom. The third-order valence-electron chi connectivity index (χ3n) is 7.26. The minimum Gasteiger partial charge on any atom is -0.495 e. The third kappa shape index (κ3) is 7.12. The van der Waals surface area contributed by atoms with Crippen molar-refractivity contribution in [2.75, 3.05) is 26.6 Å². The molecular weight excluding hydrogens is 693 g/mol. The fraction of sp³-hybridized carbons (Fsp3) is 0.176. The number of hydrogen-bond acceptors (Lipinski definition) is 12. The van der Waals surface area contributed by atoms with Crippen molar-refractivity contribution in [1.82, 2.24) is 19.9 Å². The molecule has 14 heteroatoms. The Hall–Kier alpha value is -4.62. The number of halogens is 2. The fourth-order valence-corrected chi connectivity index (χ4v) is 7.80. The van der Waals surface area contributed by atoms with E-state index in [1.54, 1.807) is 18.4 Å². The highest BCUT2D eigenvalue weighted by Crippen LogP contribution is 2.37. The van der Waals surface area contributed by atoms with Crippen molar-refractivity contribution in [3.63, 3.8) is 0 Å². The molecule has 10 nitrogen and oxygen atoms in total. The maximum Gasteiger partial charge on any atom is 0.313 e. The molecule has 3 aromatic carbocycles. The largest absolute Gasteiger partial charge is 0.495 e. The van der Waals surface area contributed by atoms with Crippen molar-refractivity contribution in [3.8, 4) is 5.75 Å². The smallest absolute Gasteiger partial charge is 0.313 e. The first-order valence-electron chi connectivity index (χ1n) is 14.5. The summed E-state index contributed by atoms with van der Waals surface area (Å²) in [6.45, 7) is 0.512. The molecule has 0 aliphatic carbocycles. The Bertz CT molecular complexity index is 2310. The number of aromatic nitrogens is 4. The zero-order valence-electron chi connectivity index (χ0n) is 25.9. The van der Waals surface area contributed by atoms with E-state index in [2.05, 4.69) is 36.1 Å². The van der Waals surface area contributed by atoms with Crippen LogP contribution in [0.1, 0.15) is 17.2 Å². The molecule has 0 aliphatic heterocycles. The zero-order valence-corrected chi connectivity index (χ0v) is 29.0. The van der Waals surface area contributed by atoms with Gasteiger partial charge in [0.25, 0.3) is 0 Å². The summed E-state index contributed by atoms with van der Waals surface area (Å²) in [5, 5.41) is 8.21. The van der Waals surface area contributed by atoms with Crippen molar-refractivity contribution in [1.29, 1.82) is 0 Å². The number of nitrogens with zero attached hydrogens (tertiary/aromatic N) is 4. The van der Waals surface area contributed by atoms with Crippen molar-refractivity contribution in [2.24, 2.45) is 0 Å². The summed E-state index contributed by atoms with van der Waals surface area (Å²) in [5.74, 6) is 1.36. The topological polar surface area (TPSA) is 125 Å². The second-order valence-corrected chi connectivity index (χ2v) is 13.1. The van der Waals surface area contributed by atoms with Gasteiger partial charge >= 0.3 is 11.9 Å². The van der Waals surface area contributed by atoms with Crippen LogP contribution in [0, 0.1) is 0 Å². The van der Waals surface area contributed by atoms with Gasteiger partial charge in [-0.3, -0.25) is 9.59 Å². The van der Waals surface area contributed by atoms with Crippen LogP contribution in [0.5, 0.6) is 5.75 Å². The van der Waals surface area contributed by atoms with Crippen molar-refractivity contribution >= 4 is 104 Å². The summed E-state index contributed by atoms with van der Waals surface area (Å²) in [5.41, 5.74) is 0.983. The van der Waals surface area contributed by atoms with E-state index in [-0.39, 0.29) is 24.8 Å². The molecule has 0 aliphatic rings. The average molecular weight is 721 g/mol. The van der Waals surface area contributed by atoms with E-state index in [0.717, 1.165) is 46.2 Å². The number of rotatable bonds is 8. The number of nitrogens with one attached hydrogen (secondary N) is 1. The van der Waals surface area contributed by atoms with Gasteiger partial charge in [0.1, 0.15) is 50.9 Å². The summed E-state index contributed by atoms with van der Waals surface area (Å²) in [4.78, 5) is 42.4. The molecule has 48 heavy (non-hydrogen) atoms. The summed E-state index contributed by atoms with van der Waals surface area (Å²) in [6.07, 6.45) is 0.0458. The predicted molar refractivity (Wildman–Crippen MR) is 192 cm³/mol. The first-order valence-corrected chi connectivity index (χ1v) is 16.9. The molecule has 244 valence electrons. The minimum atomic E-state index is -0.378. The molecule has 0 bridgehead atoms. The molecule has 0 saturated carbocycles. The molecule has 0 spiro atoms. The van der Waals surface area contributed by atoms with Gasteiger partial charge in [0.05, 0.1) is 37.1 Å². The number of methoxy groups -OCH3 is 3. The highest BCUT2D eigenvalue weighted by Gasteiger charge is 2.17. The highest BCUT2D eigenvalue weighted by atomic mass is 35.5. The summed E-state index contributed by atoms with van der Waals surface area (Å²) in [7, 11) is 4.27. The number of anilines is 1. The van der Waals surface area contributed by atoms with Gasteiger partial charge in [-0.05, 0) is 29.8 Å². The first kappa shape index (κ1) is 33.3. The maximum atomic E-state index is 11.7. The number of thiophene rings is 2. The number of hydrogen-bond donors (Lipinski definition) is 1. The molecule has 4 heterocycles. The van der Waals surface area contributed by atoms with Crippen molar-refractivity contribution in [3.05, 3.63) is 94.1 Å². The van der Waals surface area contributed by atoms with Gasteiger partial charge in [0.15, 0.2) is 0 Å². The quantitative estimate of drug-likeness (QED) is 0.122. The molecule has 0 unspecified atom stereocenters. The molecule has 0 saturated heterocycles. The van der Waals surface area contributed by atoms with Crippen LogP contribution in [0.2, 0.25) is 10.2 Å². The molecule has 4 aromatic heterocycles. The Labute approximate surface area is 292 Å². The second-order valence-electron chi connectivity index (χ2n) is 10.3. The molecule has 0 fully saturated rings. The van der Waals surface area contributed by atoms with Gasteiger partial charge in [-0.15, -0.1) is 22.7 Å². The Kier molecular flexibility index (Phi) is 10.2. The molecule has 0 amide bonds. The van der Waals surface area contributed by atoms with Crippen LogP contribution < -0.4 is 10.1 Å². The number of esters is 2. The normalized spacial score (nSPS) is 11.0. The lowest BCUT2D eigenvalue weighted by atomic mass is 10.2. The van der Waals surface area contributed by atoms with E-state index in [1.165, 1.54) is 25.6 Å². The van der Waals surface area contributed by atoms with Gasteiger partial charge in [-0.2, -0.15) is 0 Å². The first-order chi connectivity index (χ1) is 23.3. The van der Waals surface area contributed by atoms with Crippen LogP contribution in [0.4, 0.5) is 5.82 Å². The third-order valence-corrected chi connectivity index (χ3v) is 9.96. The average Bonchev–Trinajstić information content (AvgIpc) is 3.66. The van der Waals surface area contributed by atoms with Gasteiger partial charge in [-0.25, -0.2) is 19.9 Å². The van der Waals surface area contributed by atoms with Gasteiger partial charge in [-0.1, -0.05) is 65.7 Å². The lowest BCUT2D eigenvalue weighted by Crippen LogP contribution is -2.10. The van der Waals surface area contributed by atoms with Crippen LogP contribution in [0.25, 0.3) is 40.6 Å². The molecule has 0 radical (unpaired) electrons. The van der Waals surface area contributed by atoms with Crippen LogP contribution in [0.15, 0.2) is 66.7 Å². The number of benzene rings is 3. The van der Waals surface area contributed by atoms with Gasteiger partial charge in [0, 0.05) is 26.7 Å². The van der Waals surface area contributed by atoms with Gasteiger partial charge < -0.3 is 19.5 Å². The zero-order chi connectivity index (χ0) is 33.8. The van der Waals surface area contributed by atoms with E-state index < -0.39 is 0 Å². The number of ether oxygens (including phenoxy) is 3. The number of carbonyl (C=O) groups excluding carboxylic acids is 2. The molecule has 1 N–H and O–H groups in total. The molecular formula is C34H27Cl2N5O5S2. The lowest BCUT2D eigenvalue weighted by Gasteiger charge is -2.10. The summed E-state index contributed by atoms with van der Waals surface area (Å²) < 4.78 is 16.8. The number of fused-ring (bicyclic) bond motifs is 6. The molecule has 7 rings (SSSR count). The van der Waals surface area contributed by atoms with E-state index in [1.807, 2.05) is 60.7 Å². The van der Waals surface area contributed by atoms with Crippen LogP contribution in [-0.4, -0.2) is 53.2 Å². The van der Waals surface area contributed by atoms with E-state index in [9.17, 15) is 9.59 Å². The van der Waals surface area contributed by atoms with Crippen LogP contribution in [0.3, 0.4) is 0 Å². The molecule has 0 atom stereocenters. The minimum absolute atomic E-state index is 0.0176. The Morgan fingerprint density at radius 3 is 1.88 bits per heavy atom. The van der Waals surface area contributed by atoms with Crippen LogP contribution in [-0.2, 0) is 38.4 Å². The molecule has 7 aromatic rings. The van der Waals surface area contributed by atoms with E-state index in [0.29, 0.717) is 39.9 Å². The van der Waals surface area contributed by atoms with Crippen molar-refractivity contribution < 1.29 is 23.8 Å². The Morgan fingerprint density at radius 1 is 0.729 bits per heavy atom. The SMILES string of the molecule is COC(=O)Cc1nc(Cl)c2c(n1)sc1ccccc12.COC(=O)Cc1nc(NCc2ccc(OC)c(Cl)c2)c2c(n1)sc1ccccc12. The standard InChI is InChI=1S/C21H18ClN3O3S.C13H9ClN2O2S/c1-27-15-8-7-12(9-14(15)22)11-23-20-19-13-5-3-4-6-16(13)29-21(19)25-17(24-20)10-18(26)28-2;1-18-10(17)6-9-15-12(14)11-7-4-2-3-5-8(7)19-13(11)16-9/h3-9H,10-11H2,1-2H3,(H,23,24,25);2-5H,6H2,1H3. The monoisotopic (exact) mass is 719 g/mol. The summed E-state index contributed by atoms with van der Waals surface area (Å²) in [6, 6.07) is 21.6. The number of carbonyl (C=O) groups is 2. The van der Waals surface area contributed by atoms with E-state index in [4.69, 9.17) is 32.7 Å². The maximum absolute atomic E-state index is 11.7. The van der Waals surface area contributed by atoms with Gasteiger partial charge in [0.2, 0.25) is 0 Å². The highest BCUT2D eigenvalue weighted by molar-refractivity contribution is 7.26.